The number of terminal acetylenes is 1. The lowest BCUT2D eigenvalue weighted by Crippen LogP contribution is -2.64. The van der Waals surface area contributed by atoms with Gasteiger partial charge in [0.25, 0.3) is 0 Å². The smallest absolute Gasteiger partial charge is 0.303 e. The second-order valence-electron chi connectivity index (χ2n) is 40.3. The van der Waals surface area contributed by atoms with Crippen LogP contribution >= 0.6 is 74.0 Å². The zero-order valence-electron chi connectivity index (χ0n) is 81.6. The fourth-order valence-corrected chi connectivity index (χ4v) is 26.0. The number of aliphatic hydroxyl groups is 14. The molecule has 0 aromatic carbocycles. The number of aliphatic carboxylic acids is 4. The Kier molecular flexibility index (Phi) is 59.0. The molecule has 33 N–H and O–H groups in total. The van der Waals surface area contributed by atoms with Gasteiger partial charge in [-0.05, 0) is 300 Å². The van der Waals surface area contributed by atoms with Gasteiger partial charge in [-0.3, -0.25) is 53.7 Å². The number of amides is 4. The minimum Gasteiger partial charge on any atom is -0.481 e. The molecule has 4 amide bonds. The number of carbonyl (C=O) groups is 8. The van der Waals surface area contributed by atoms with Crippen molar-refractivity contribution in [3.05, 3.63) is 0 Å². The molecule has 0 spiro atoms. The van der Waals surface area contributed by atoms with E-state index >= 15 is 0 Å². The fourth-order valence-electron chi connectivity index (χ4n) is 26.0. The molecular weight excluding hydrogens is 2150 g/mol. The Balaban J connectivity index is 0.000000587. The Morgan fingerprint density at radius 3 is 0.993 bits per heavy atom. The van der Waals surface area contributed by atoms with Gasteiger partial charge < -0.3 is 155 Å². The predicted molar refractivity (Wildman–Crippen MR) is 541 cm³/mol. The summed E-state index contributed by atoms with van der Waals surface area (Å²) in [6, 6.07) is -7.34. The van der Waals surface area contributed by atoms with Gasteiger partial charge in [0.1, 0.15) is 68.4 Å². The summed E-state index contributed by atoms with van der Waals surface area (Å²) in [5.41, 5.74) is 18.4. The Morgan fingerprint density at radius 1 is 0.438 bits per heavy atom. The van der Waals surface area contributed by atoms with Crippen LogP contribution in [0.3, 0.4) is 0 Å². The number of carboxylic acids is 4. The van der Waals surface area contributed by atoms with E-state index in [0.717, 1.165) is 118 Å². The largest absolute Gasteiger partial charge is 0.481 e. The fraction of sp³-hybridized carbons (Fsp3) is 0.891. The number of nitrogens with two attached hydrogens (primary N) is 3. The highest BCUT2D eigenvalue weighted by atomic mass is 128. The van der Waals surface area contributed by atoms with Crippen LogP contribution in [0.5, 0.6) is 0 Å². The molecule has 45 heteroatoms. The van der Waals surface area contributed by atoms with Crippen molar-refractivity contribution in [2.75, 3.05) is 88.0 Å². The number of carbonyl (C=O) groups excluding carboxylic acids is 4. The molecule has 0 aromatic heterocycles. The van der Waals surface area contributed by atoms with E-state index < -0.39 is 190 Å². The first-order valence-electron chi connectivity index (χ1n) is 48.8. The molecule has 19 fully saturated rings. The van der Waals surface area contributed by atoms with Crippen molar-refractivity contribution in [2.24, 2.45) is 110 Å². The van der Waals surface area contributed by atoms with Crippen molar-refractivity contribution in [1.82, 2.24) is 47.3 Å². The van der Waals surface area contributed by atoms with Gasteiger partial charge in [0, 0.05) is 105 Å². The molecule has 19 aliphatic rings. The average Bonchev–Trinajstić information content (AvgIpc) is 0.759. The molecule has 0 aromatic rings. The molecular formula is C92H171I3N12O29S. The number of likely N-dealkylation sites (N-methyl/N-ethyl adjacent to an activating group) is 1. The van der Waals surface area contributed by atoms with E-state index in [1.54, 1.807) is 45.6 Å². The molecule has 800 valence electrons. The second-order valence-corrected chi connectivity index (χ2v) is 40.7. The molecule has 41 nitrogen and oxygen atoms in total. The van der Waals surface area contributed by atoms with Gasteiger partial charge in [0.2, 0.25) is 23.6 Å². The Bertz CT molecular complexity index is 3470. The van der Waals surface area contributed by atoms with Crippen molar-refractivity contribution < 1.29 is 147 Å². The van der Waals surface area contributed by atoms with E-state index in [-0.39, 0.29) is 87.8 Å². The lowest BCUT2D eigenvalue weighted by molar-refractivity contribution is -0.254. The van der Waals surface area contributed by atoms with E-state index in [0.29, 0.717) is 36.3 Å². The zero-order chi connectivity index (χ0) is 103. The molecule has 19 atom stereocenters. The first-order chi connectivity index (χ1) is 65.2. The minimum absolute atomic E-state index is 0. The Hall–Kier alpha value is -3.14. The van der Waals surface area contributed by atoms with Crippen LogP contribution in [0.2, 0.25) is 0 Å². The quantitative estimate of drug-likeness (QED) is 0.0181. The molecule has 137 heavy (non-hydrogen) atoms. The van der Waals surface area contributed by atoms with Crippen LogP contribution in [-0.2, 0) is 52.6 Å². The third-order valence-electron chi connectivity index (χ3n) is 30.2. The van der Waals surface area contributed by atoms with Gasteiger partial charge in [-0.15, -0.1) is 36.8 Å². The first kappa shape index (κ1) is 126. The van der Waals surface area contributed by atoms with Crippen molar-refractivity contribution in [3.63, 3.8) is 0 Å². The summed E-state index contributed by atoms with van der Waals surface area (Å²) in [7, 11) is 7.40. The normalized spacial score (nSPS) is 37.2. The van der Waals surface area contributed by atoms with Crippen molar-refractivity contribution >= 4 is 122 Å². The van der Waals surface area contributed by atoms with Gasteiger partial charge in [-0.2, -0.15) is 0 Å². The van der Waals surface area contributed by atoms with Crippen molar-refractivity contribution in [3.8, 4) is 12.8 Å². The molecule has 16 aliphatic carbocycles. The molecule has 3 aliphatic heterocycles. The molecule has 0 radical (unpaired) electrons. The number of ether oxygens (including phenoxy) is 3. The Labute approximate surface area is 856 Å². The molecule has 3 unspecified atom stereocenters. The lowest BCUT2D eigenvalue weighted by atomic mass is 9.49. The maximum atomic E-state index is 13.3. The van der Waals surface area contributed by atoms with E-state index in [1.807, 2.05) is 13.8 Å². The van der Waals surface area contributed by atoms with Crippen LogP contribution < -0.4 is 64.5 Å². The van der Waals surface area contributed by atoms with E-state index in [1.165, 1.54) is 97.0 Å². The third-order valence-corrected chi connectivity index (χ3v) is 30.2. The average molecular weight is 2320 g/mol. The van der Waals surface area contributed by atoms with Crippen LogP contribution in [0.4, 0.5) is 0 Å². The molecule has 19 rings (SSSR count). The highest BCUT2D eigenvalue weighted by Crippen LogP contribution is 2.63. The maximum absolute atomic E-state index is 13.3. The van der Waals surface area contributed by atoms with Crippen LogP contribution in [-0.4, -0.2) is 344 Å². The van der Waals surface area contributed by atoms with E-state index in [4.69, 9.17) is 68.5 Å². The topological polar surface area (TPSA) is 715 Å². The number of hydrogen-bond acceptors (Lipinski definition) is 34. The van der Waals surface area contributed by atoms with Crippen LogP contribution in [0.1, 0.15) is 222 Å². The van der Waals surface area contributed by atoms with Gasteiger partial charge in [0.05, 0.1) is 50.0 Å². The van der Waals surface area contributed by atoms with Crippen molar-refractivity contribution in [1.29, 1.82) is 0 Å². The van der Waals surface area contributed by atoms with E-state index in [9.17, 15) is 94.5 Å². The standard InChI is InChI=1S/C28H46N4O11.C21H33N3O6.C12H21N.C11H19N.C7H15NO5.C6H13NO5.C2H6.C2H2.CH5NS.2CH4O.I2.HI.H2/c33-11-19-23(38)24(39)22(27(42)43-19)31-13-30-17(1-3-20(34)35)26(41)32-18(2-4-21(36)37)25(40)29-12-28-8-14-5-15(9-28)7-16(6-14)10-28;22-15(1-3-17(25)26)19(29)24-16(2-4-18(27)28)20(30)23-11-21-8-12-5-13(9-21)7-14(6-12)10-21;1-13-8-12-5-9-2-10(6-12)4-11(3-9)7-12;12-7-11-4-8-1-9(5-11)3-10(2-8)6-11;1-8-4-6(11)5(10)3(2-9)13-7(4)12;7-3-5(10)4(9)2(1-8)12-6(3)11;2*1-2;1-2-3;3*1-2;;/h14-19,22-24,27,30-31,33,38-39,42H,1-13H2,(H,29,40)(H,32,41)(H,34,35)(H,36,37);12-16H,1-11,22H2,(H,23,30)(H,24,29)(H,25,26)(H,27,28);9-11,13H,2-8H2,1H3;8-10H,1-7,12H2;3-12H,2H2,1H3;2-6,8-11H,1,7H2;1-2H3;1-2H;2-3H,1H3;2*2H,1H3;;2*1H/t14?,15?,16?,17-,18-,19+,22+,23-,24+,27?,28?;12?,13?,14?,15-,16-,21?;;;3-,4-,5+,6-,7?;2-,3-,4+,5-,6?;;;;;;;;/m00..11......../s1/i;;;;;;;1D;;;;;;. The summed E-state index contributed by atoms with van der Waals surface area (Å²) in [6.07, 6.45) is 21.5. The predicted octanol–water partition coefficient (Wildman–Crippen LogP) is 0.212. The summed E-state index contributed by atoms with van der Waals surface area (Å²) >= 11 is 7.78. The molecule has 3 heterocycles. The number of nitrogens with one attached hydrogen (secondary N) is 9. The number of carboxylic acid groups (broad SMARTS) is 4. The number of thiol groups is 1. The number of hydrogen-bond donors (Lipinski definition) is 31. The van der Waals surface area contributed by atoms with Crippen LogP contribution in [0.25, 0.3) is 0 Å². The van der Waals surface area contributed by atoms with Crippen LogP contribution in [0.15, 0.2) is 0 Å². The maximum Gasteiger partial charge on any atom is 0.303 e. The number of aliphatic hydroxyl groups excluding tert-OH is 14. The number of halogens is 3. The van der Waals surface area contributed by atoms with E-state index in [2.05, 4.69) is 111 Å². The lowest BCUT2D eigenvalue weighted by Gasteiger charge is -2.57. The summed E-state index contributed by atoms with van der Waals surface area (Å²) < 4.78 is 22.8. The van der Waals surface area contributed by atoms with Gasteiger partial charge in [-0.1, -0.05) is 26.7 Å². The monoisotopic (exact) mass is 2320 g/mol. The van der Waals surface area contributed by atoms with Crippen LogP contribution in [0, 0.1) is 105 Å². The van der Waals surface area contributed by atoms with Gasteiger partial charge >= 0.3 is 23.9 Å². The summed E-state index contributed by atoms with van der Waals surface area (Å²) in [6.45, 7) is 5.50. The highest BCUT2D eigenvalue weighted by molar-refractivity contribution is 15.0. The molecule has 16 bridgehead atoms. The highest BCUT2D eigenvalue weighted by Gasteiger charge is 2.56. The molecule has 16 saturated carbocycles. The summed E-state index contributed by atoms with van der Waals surface area (Å²) in [4.78, 5) is 95.9. The van der Waals surface area contributed by atoms with Gasteiger partial charge in [-0.25, -0.2) is 0 Å². The Morgan fingerprint density at radius 2 is 0.701 bits per heavy atom. The van der Waals surface area contributed by atoms with Gasteiger partial charge in [0.15, 0.2) is 18.9 Å². The summed E-state index contributed by atoms with van der Waals surface area (Å²) in [5.74, 6) is 4.19. The zero-order valence-corrected chi connectivity index (χ0v) is 88.2. The minimum atomic E-state index is -1.60. The summed E-state index contributed by atoms with van der Waals surface area (Å²) in [5, 5.41) is 185. The second kappa shape index (κ2) is 64.1. The molecule has 3 saturated heterocycles. The SMILES string of the molecule is CC.CNCC12CC3CC(CC(C3)C1)C2.CNS.CN[C@H]1C(O)O[C@H](CO)[C@H](O)[C@@H]1O.CO.CO.I.II.NCC12CC3CC(CC(C3)C1)C2.N[C@@H](CCC(=O)O)C(=O)N[C@@H](CCC(=O)O)C(=O)NCC12CC3CC(CC(C3)C1)C2.N[C@H]1C(O)O[C@H](CO)[C@H](O)[C@@H]1O.O=C(O)CC[C@H](NCN[C@H]1C(O)O[C@H](CO)[C@H](O)[C@@H]1O)C(=O)N[C@@H](CCC(=O)O)C(=O)NCC12CC3CC(CC(C3)C1)C2.[2H]C#C.[HH]. The third kappa shape index (κ3) is 38.9. The number of rotatable bonds is 33. The van der Waals surface area contributed by atoms with Crippen molar-refractivity contribution in [2.45, 2.75) is 335 Å². The first-order valence-corrected chi connectivity index (χ1v) is 55.1.